The molecule has 0 aromatic heterocycles. The zero-order valence-corrected chi connectivity index (χ0v) is 57.2. The lowest BCUT2D eigenvalue weighted by Gasteiger charge is -2.18. The first kappa shape index (κ1) is 88.7. The molecule has 2 aliphatic rings. The molecule has 32 nitrogen and oxygen atoms in total. The van der Waals surface area contributed by atoms with Gasteiger partial charge in [0.05, 0.1) is 324 Å². The number of ether oxygens (including phenoxy) is 25. The van der Waals surface area contributed by atoms with Crippen LogP contribution in [0.25, 0.3) is 0 Å². The van der Waals surface area contributed by atoms with Gasteiger partial charge in [-0.15, -0.1) is 5.06 Å². The number of alkyl carbamates (subject to hydrolysis) is 1. The van der Waals surface area contributed by atoms with E-state index in [1.165, 1.54) is 0 Å². The summed E-state index contributed by atoms with van der Waals surface area (Å²) in [7, 11) is 0. The molecular formula is C64H118N2O30. The van der Waals surface area contributed by atoms with E-state index in [9.17, 15) is 19.2 Å². The van der Waals surface area contributed by atoms with E-state index in [2.05, 4.69) is 17.5 Å². The van der Waals surface area contributed by atoms with Crippen LogP contribution in [0, 0.1) is 0 Å². The third-order valence-corrected chi connectivity index (χ3v) is 12.7. The van der Waals surface area contributed by atoms with Gasteiger partial charge < -0.3 is 129 Å². The molecule has 1 aliphatic carbocycles. The van der Waals surface area contributed by atoms with Crippen molar-refractivity contribution < 1.29 is 142 Å². The van der Waals surface area contributed by atoms with Gasteiger partial charge in [-0.1, -0.05) is 12.2 Å². The van der Waals surface area contributed by atoms with E-state index in [1.54, 1.807) is 0 Å². The van der Waals surface area contributed by atoms with Crippen molar-refractivity contribution in [2.45, 2.75) is 57.5 Å². The largest absolute Gasteiger partial charge is 0.446 e. The first-order valence-corrected chi connectivity index (χ1v) is 34.1. The normalized spacial score (nSPS) is 14.6. The Morgan fingerprint density at radius 3 is 0.771 bits per heavy atom. The summed E-state index contributed by atoms with van der Waals surface area (Å²) in [5, 5.41) is 3.26. The lowest BCUT2D eigenvalue weighted by atomic mass is 10.0. The van der Waals surface area contributed by atoms with Gasteiger partial charge in [-0.05, 0) is 32.1 Å². The summed E-state index contributed by atoms with van der Waals surface area (Å²) in [6.45, 7) is 21.9. The van der Waals surface area contributed by atoms with Crippen LogP contribution in [0.15, 0.2) is 12.2 Å². The molecule has 1 fully saturated rings. The van der Waals surface area contributed by atoms with Crippen LogP contribution in [0.2, 0.25) is 0 Å². The Morgan fingerprint density at radius 2 is 0.521 bits per heavy atom. The van der Waals surface area contributed by atoms with E-state index in [0.717, 1.165) is 32.1 Å². The second kappa shape index (κ2) is 74.4. The topological polar surface area (TPSA) is 324 Å². The van der Waals surface area contributed by atoms with E-state index < -0.39 is 17.8 Å². The van der Waals surface area contributed by atoms with Gasteiger partial charge in [0.1, 0.15) is 6.10 Å². The highest BCUT2D eigenvalue weighted by Gasteiger charge is 2.32. The Balaban J connectivity index is 1.09. The fourth-order valence-electron chi connectivity index (χ4n) is 7.78. The Bertz CT molecular complexity index is 1700. The summed E-state index contributed by atoms with van der Waals surface area (Å²) >= 11 is 0. The predicted octanol–water partition coefficient (Wildman–Crippen LogP) is 2.00. The van der Waals surface area contributed by atoms with Crippen molar-refractivity contribution >= 4 is 23.9 Å². The first-order valence-electron chi connectivity index (χ1n) is 34.1. The van der Waals surface area contributed by atoms with E-state index in [4.69, 9.17) is 123 Å². The van der Waals surface area contributed by atoms with Crippen molar-refractivity contribution in [3.8, 4) is 0 Å². The minimum absolute atomic E-state index is 0.0194. The van der Waals surface area contributed by atoms with Gasteiger partial charge >= 0.3 is 12.1 Å². The Morgan fingerprint density at radius 1 is 0.302 bits per heavy atom. The third kappa shape index (κ3) is 65.3. The molecule has 1 saturated heterocycles. The van der Waals surface area contributed by atoms with Crippen LogP contribution in [0.3, 0.4) is 0 Å². The second-order valence-electron chi connectivity index (χ2n) is 20.4. The number of carbonyl (C=O) groups is 4. The van der Waals surface area contributed by atoms with Crippen molar-refractivity contribution in [2.75, 3.05) is 324 Å². The van der Waals surface area contributed by atoms with Crippen LogP contribution in [0.4, 0.5) is 4.79 Å². The number of nitrogens with zero attached hydrogens (tertiary/aromatic N) is 1. The van der Waals surface area contributed by atoms with Crippen molar-refractivity contribution in [3.05, 3.63) is 12.2 Å². The molecule has 96 heavy (non-hydrogen) atoms. The summed E-state index contributed by atoms with van der Waals surface area (Å²) in [6, 6.07) is 0. The predicted molar refractivity (Wildman–Crippen MR) is 342 cm³/mol. The zero-order valence-electron chi connectivity index (χ0n) is 57.2. The fourth-order valence-corrected chi connectivity index (χ4v) is 7.78. The highest BCUT2D eigenvalue weighted by atomic mass is 16.7. The molecule has 0 spiro atoms. The smallest absolute Gasteiger partial charge is 0.407 e. The highest BCUT2D eigenvalue weighted by molar-refractivity contribution is 6.01. The molecule has 32 heteroatoms. The fraction of sp³-hybridized carbons (Fsp3) is 0.906. The van der Waals surface area contributed by atoms with Gasteiger partial charge in [-0.25, -0.2) is 9.59 Å². The standard InChI is InChI=1S/C64H118N2O30/c67-61-8-9-62(68)66(61)96-63(69)10-12-71-14-16-73-18-20-75-22-24-77-26-28-79-30-32-81-34-36-83-38-40-85-42-44-87-46-48-89-50-52-91-54-56-93-58-59-94-57-55-92-53-51-90-49-47-88-45-43-86-41-39-84-37-35-82-33-31-80-29-27-78-25-23-76-21-19-74-17-15-72-13-11-65-64(70)95-60-6-4-2-1-3-5-7-60/h1-2,60H,3-59H2,(H,65,70)/b2-1-. The summed E-state index contributed by atoms with van der Waals surface area (Å²) in [4.78, 5) is 51.3. The van der Waals surface area contributed by atoms with Crippen LogP contribution in [-0.2, 0) is 138 Å². The van der Waals surface area contributed by atoms with Gasteiger partial charge in [0.2, 0.25) is 0 Å². The number of hydrogen-bond donors (Lipinski definition) is 1. The lowest BCUT2D eigenvalue weighted by Crippen LogP contribution is -2.32. The van der Waals surface area contributed by atoms with Gasteiger partial charge in [-0.3, -0.25) is 9.59 Å². The molecule has 1 atom stereocenters. The quantitative estimate of drug-likeness (QED) is 0.0517. The molecule has 1 unspecified atom stereocenters. The minimum Gasteiger partial charge on any atom is -0.446 e. The molecule has 0 aromatic carbocycles. The summed E-state index contributed by atoms with van der Waals surface area (Å²) in [5.74, 6) is -1.74. The van der Waals surface area contributed by atoms with Gasteiger partial charge in [0, 0.05) is 19.4 Å². The Kier molecular flexibility index (Phi) is 68.7. The van der Waals surface area contributed by atoms with Crippen molar-refractivity contribution in [1.29, 1.82) is 0 Å². The van der Waals surface area contributed by atoms with Crippen molar-refractivity contribution in [3.63, 3.8) is 0 Å². The molecule has 0 radical (unpaired) electrons. The molecule has 0 aromatic rings. The molecule has 2 rings (SSSR count). The number of hydroxylamine groups is 2. The molecule has 1 heterocycles. The maximum Gasteiger partial charge on any atom is 0.407 e. The Labute approximate surface area is 568 Å². The van der Waals surface area contributed by atoms with E-state index >= 15 is 0 Å². The number of amides is 3. The van der Waals surface area contributed by atoms with Crippen molar-refractivity contribution in [1.82, 2.24) is 10.4 Å². The van der Waals surface area contributed by atoms with E-state index in [-0.39, 0.29) is 44.7 Å². The second-order valence-corrected chi connectivity index (χ2v) is 20.4. The minimum atomic E-state index is -0.706. The molecular weight excluding hydrogens is 1280 g/mol. The maximum atomic E-state index is 12.0. The number of carbonyl (C=O) groups excluding carboxylic acids is 4. The van der Waals surface area contributed by atoms with Crippen LogP contribution in [0.1, 0.15) is 51.4 Å². The summed E-state index contributed by atoms with van der Waals surface area (Å²) in [6.07, 6.45) is 8.75. The van der Waals surface area contributed by atoms with Crippen molar-refractivity contribution in [2.24, 2.45) is 0 Å². The maximum absolute atomic E-state index is 12.0. The van der Waals surface area contributed by atoms with Gasteiger partial charge in [0.15, 0.2) is 0 Å². The van der Waals surface area contributed by atoms with Crippen LogP contribution >= 0.6 is 0 Å². The van der Waals surface area contributed by atoms with Crippen LogP contribution in [-0.4, -0.2) is 359 Å². The van der Waals surface area contributed by atoms with Gasteiger partial charge in [0.25, 0.3) is 11.8 Å². The molecule has 0 saturated carbocycles. The summed E-state index contributed by atoms with van der Waals surface area (Å²) < 4.78 is 138. The highest BCUT2D eigenvalue weighted by Crippen LogP contribution is 2.16. The molecule has 3 amide bonds. The van der Waals surface area contributed by atoms with E-state index in [1.807, 2.05) is 0 Å². The third-order valence-electron chi connectivity index (χ3n) is 12.7. The van der Waals surface area contributed by atoms with Crippen LogP contribution < -0.4 is 5.32 Å². The van der Waals surface area contributed by atoms with E-state index in [0.29, 0.717) is 316 Å². The number of rotatable bonds is 77. The average Bonchev–Trinajstić information content (AvgIpc) is 1.86. The Hall–Kier alpha value is -3.34. The average molecular weight is 1400 g/mol. The van der Waals surface area contributed by atoms with Crippen LogP contribution in [0.5, 0.6) is 0 Å². The van der Waals surface area contributed by atoms with Gasteiger partial charge in [-0.2, -0.15) is 0 Å². The lowest BCUT2D eigenvalue weighted by molar-refractivity contribution is -0.198. The first-order chi connectivity index (χ1) is 47.6. The number of hydrogen-bond acceptors (Lipinski definition) is 30. The number of nitrogens with one attached hydrogen (secondary N) is 1. The molecule has 564 valence electrons. The molecule has 1 N–H and O–H groups in total. The summed E-state index contributed by atoms with van der Waals surface area (Å²) in [5.41, 5.74) is 0. The number of allylic oxidation sites excluding steroid dienone is 2. The monoisotopic (exact) mass is 1390 g/mol. The zero-order chi connectivity index (χ0) is 68.3. The molecule has 1 aliphatic heterocycles. The molecule has 0 bridgehead atoms. The SMILES string of the molecule is O=C(CCOCCOCCOCCOCCOCCOCCOCCOCCOCCOCCOCCOCCOCCOCCOCCOCCOCCOCCOCCOCCOCCOCCOCCOCCNC(=O)OC1CC/C=C\CCC1)ON1C(=O)CCC1=O. The number of imide groups is 1.